The van der Waals surface area contributed by atoms with Crippen LogP contribution in [0.5, 0.6) is 0 Å². The van der Waals surface area contributed by atoms with E-state index in [4.69, 9.17) is 23.2 Å². The summed E-state index contributed by atoms with van der Waals surface area (Å²) in [5.41, 5.74) is 0.818. The maximum atomic E-state index is 6.25. The summed E-state index contributed by atoms with van der Waals surface area (Å²) in [5, 5.41) is 0.999. The fourth-order valence-corrected chi connectivity index (χ4v) is 4.16. The SMILES string of the molecule is C=CC(Cl)=C(Cl)C(=C)N1CCN(CCCCC2CCCCC2)CC1. The third-order valence-electron chi connectivity index (χ3n) is 5.46. The van der Waals surface area contributed by atoms with Crippen LogP contribution in [0.2, 0.25) is 0 Å². The van der Waals surface area contributed by atoms with Gasteiger partial charge in [0, 0.05) is 31.9 Å². The molecule has 1 aliphatic carbocycles. The van der Waals surface area contributed by atoms with Gasteiger partial charge in [-0.25, -0.2) is 0 Å². The molecule has 1 heterocycles. The van der Waals surface area contributed by atoms with Gasteiger partial charge in [0.05, 0.1) is 10.1 Å². The van der Waals surface area contributed by atoms with E-state index in [1.54, 1.807) is 6.08 Å². The van der Waals surface area contributed by atoms with E-state index in [1.807, 2.05) is 0 Å². The minimum absolute atomic E-state index is 0.479. The van der Waals surface area contributed by atoms with Gasteiger partial charge < -0.3 is 4.90 Å². The molecule has 1 saturated heterocycles. The molecule has 136 valence electrons. The van der Waals surface area contributed by atoms with Gasteiger partial charge in [0.2, 0.25) is 0 Å². The maximum Gasteiger partial charge on any atom is 0.0819 e. The molecule has 2 fully saturated rings. The average Bonchev–Trinajstić information content (AvgIpc) is 2.64. The Balaban J connectivity index is 1.62. The van der Waals surface area contributed by atoms with Crippen LogP contribution in [0.1, 0.15) is 51.4 Å². The fraction of sp³-hybridized carbons (Fsp3) is 0.700. The largest absolute Gasteiger partial charge is 0.368 e. The van der Waals surface area contributed by atoms with E-state index in [-0.39, 0.29) is 0 Å². The molecule has 0 aromatic heterocycles. The molecule has 0 spiro atoms. The standard InChI is InChI=1S/C20H32Cl2N2/c1-3-19(21)20(22)17(2)24-15-13-23(14-16-24)12-8-7-11-18-9-5-4-6-10-18/h3,18H,1-2,4-16H2. The summed E-state index contributed by atoms with van der Waals surface area (Å²) in [5.74, 6) is 1.02. The van der Waals surface area contributed by atoms with Crippen molar-refractivity contribution in [2.45, 2.75) is 51.4 Å². The minimum Gasteiger partial charge on any atom is -0.368 e. The smallest absolute Gasteiger partial charge is 0.0819 e. The number of hydrogen-bond donors (Lipinski definition) is 0. The molecule has 2 aliphatic rings. The highest BCUT2D eigenvalue weighted by atomic mass is 35.5. The van der Waals surface area contributed by atoms with Crippen LogP contribution in [0.15, 0.2) is 35.0 Å². The third-order valence-corrected chi connectivity index (χ3v) is 6.32. The van der Waals surface area contributed by atoms with Gasteiger partial charge in [-0.3, -0.25) is 4.90 Å². The Bertz CT molecular complexity index is 445. The molecule has 0 amide bonds. The lowest BCUT2D eigenvalue weighted by Crippen LogP contribution is -2.45. The van der Waals surface area contributed by atoms with Gasteiger partial charge in [0.25, 0.3) is 0 Å². The number of unbranched alkanes of at least 4 members (excludes halogenated alkanes) is 1. The summed E-state index contributed by atoms with van der Waals surface area (Å²) in [7, 11) is 0. The van der Waals surface area contributed by atoms with E-state index in [2.05, 4.69) is 23.0 Å². The van der Waals surface area contributed by atoms with Crippen molar-refractivity contribution in [2.75, 3.05) is 32.7 Å². The van der Waals surface area contributed by atoms with E-state index < -0.39 is 0 Å². The summed E-state index contributed by atoms with van der Waals surface area (Å²) in [4.78, 5) is 4.80. The van der Waals surface area contributed by atoms with Gasteiger partial charge in [-0.2, -0.15) is 0 Å². The van der Waals surface area contributed by atoms with Crippen LogP contribution in [-0.2, 0) is 0 Å². The van der Waals surface area contributed by atoms with Gasteiger partial charge >= 0.3 is 0 Å². The van der Waals surface area contributed by atoms with Crippen molar-refractivity contribution in [2.24, 2.45) is 5.92 Å². The molecule has 0 atom stereocenters. The topological polar surface area (TPSA) is 6.48 Å². The fourth-order valence-electron chi connectivity index (χ4n) is 3.85. The molecule has 0 aromatic carbocycles. The maximum absolute atomic E-state index is 6.25. The molecule has 4 heteroatoms. The Kier molecular flexibility index (Phi) is 8.72. The average molecular weight is 371 g/mol. The second kappa shape index (κ2) is 10.5. The number of rotatable bonds is 8. The van der Waals surface area contributed by atoms with Gasteiger partial charge in [-0.05, 0) is 25.0 Å². The second-order valence-corrected chi connectivity index (χ2v) is 7.93. The Hall–Kier alpha value is -0.440. The molecule has 0 unspecified atom stereocenters. The minimum atomic E-state index is 0.479. The Morgan fingerprint density at radius 3 is 2.29 bits per heavy atom. The Morgan fingerprint density at radius 1 is 1.00 bits per heavy atom. The van der Waals surface area contributed by atoms with Crippen LogP contribution < -0.4 is 0 Å². The highest BCUT2D eigenvalue weighted by Crippen LogP contribution is 2.28. The van der Waals surface area contributed by atoms with Gasteiger partial charge in [-0.1, -0.05) is 81.3 Å². The molecule has 1 aliphatic heterocycles. The molecule has 0 bridgehead atoms. The van der Waals surface area contributed by atoms with Crippen molar-refractivity contribution in [1.82, 2.24) is 9.80 Å². The van der Waals surface area contributed by atoms with Crippen LogP contribution in [0, 0.1) is 5.92 Å². The Labute approximate surface area is 158 Å². The lowest BCUT2D eigenvalue weighted by atomic mass is 9.86. The van der Waals surface area contributed by atoms with Gasteiger partial charge in [0.15, 0.2) is 0 Å². The molecular weight excluding hydrogens is 339 g/mol. The van der Waals surface area contributed by atoms with Crippen molar-refractivity contribution >= 4 is 23.2 Å². The number of allylic oxidation sites excluding steroid dienone is 3. The number of piperazine rings is 1. The number of hydrogen-bond acceptors (Lipinski definition) is 2. The van der Waals surface area contributed by atoms with Crippen molar-refractivity contribution in [3.63, 3.8) is 0 Å². The molecule has 0 aromatic rings. The predicted octanol–water partition coefficient (Wildman–Crippen LogP) is 5.74. The van der Waals surface area contributed by atoms with E-state index >= 15 is 0 Å². The van der Waals surface area contributed by atoms with Crippen LogP contribution in [0.3, 0.4) is 0 Å². The number of nitrogens with zero attached hydrogens (tertiary/aromatic N) is 2. The molecular formula is C20H32Cl2N2. The van der Waals surface area contributed by atoms with Gasteiger partial charge in [0.1, 0.15) is 0 Å². The van der Waals surface area contributed by atoms with E-state index in [1.165, 1.54) is 57.9 Å². The summed E-state index contributed by atoms with van der Waals surface area (Å²) in [6.07, 6.45) is 13.1. The quantitative estimate of drug-likeness (QED) is 0.396. The predicted molar refractivity (Wildman–Crippen MR) is 107 cm³/mol. The van der Waals surface area contributed by atoms with Gasteiger partial charge in [-0.15, -0.1) is 0 Å². The van der Waals surface area contributed by atoms with Crippen LogP contribution in [-0.4, -0.2) is 42.5 Å². The normalized spacial score (nSPS) is 21.5. The molecule has 0 N–H and O–H groups in total. The lowest BCUT2D eigenvalue weighted by molar-refractivity contribution is 0.158. The summed E-state index contributed by atoms with van der Waals surface area (Å²) in [6.45, 7) is 13.1. The van der Waals surface area contributed by atoms with Crippen molar-refractivity contribution < 1.29 is 0 Å². The third kappa shape index (κ3) is 6.13. The summed E-state index contributed by atoms with van der Waals surface area (Å²) < 4.78 is 0. The molecule has 2 nitrogen and oxygen atoms in total. The van der Waals surface area contributed by atoms with E-state index in [0.717, 1.165) is 37.8 Å². The van der Waals surface area contributed by atoms with E-state index in [9.17, 15) is 0 Å². The summed E-state index contributed by atoms with van der Waals surface area (Å²) >= 11 is 12.3. The molecule has 2 rings (SSSR count). The van der Waals surface area contributed by atoms with Crippen LogP contribution in [0.4, 0.5) is 0 Å². The highest BCUT2D eigenvalue weighted by molar-refractivity contribution is 6.41. The van der Waals surface area contributed by atoms with E-state index in [0.29, 0.717) is 10.1 Å². The molecule has 24 heavy (non-hydrogen) atoms. The molecule has 0 radical (unpaired) electrons. The Morgan fingerprint density at radius 2 is 1.67 bits per heavy atom. The number of halogens is 2. The lowest BCUT2D eigenvalue weighted by Gasteiger charge is -2.37. The zero-order valence-corrected chi connectivity index (χ0v) is 16.4. The first kappa shape index (κ1) is 19.9. The van der Waals surface area contributed by atoms with Crippen LogP contribution >= 0.6 is 23.2 Å². The zero-order valence-electron chi connectivity index (χ0n) is 14.9. The van der Waals surface area contributed by atoms with Crippen molar-refractivity contribution in [3.8, 4) is 0 Å². The van der Waals surface area contributed by atoms with Crippen molar-refractivity contribution in [1.29, 1.82) is 0 Å². The summed E-state index contributed by atoms with van der Waals surface area (Å²) in [6, 6.07) is 0. The first-order chi connectivity index (χ1) is 11.6. The van der Waals surface area contributed by atoms with Crippen molar-refractivity contribution in [3.05, 3.63) is 35.0 Å². The zero-order chi connectivity index (χ0) is 17.4. The highest BCUT2D eigenvalue weighted by Gasteiger charge is 2.20. The first-order valence-corrected chi connectivity index (χ1v) is 10.2. The molecule has 1 saturated carbocycles. The second-order valence-electron chi connectivity index (χ2n) is 7.14. The monoisotopic (exact) mass is 370 g/mol. The van der Waals surface area contributed by atoms with Crippen LogP contribution in [0.25, 0.3) is 0 Å². The first-order valence-electron chi connectivity index (χ1n) is 9.46.